The van der Waals surface area contributed by atoms with E-state index in [1.165, 1.54) is 0 Å². The highest BCUT2D eigenvalue weighted by Crippen LogP contribution is 1.73. The van der Waals surface area contributed by atoms with Gasteiger partial charge in [0, 0.05) is 12.4 Å². The van der Waals surface area contributed by atoms with Crippen molar-refractivity contribution >= 4 is 20.6 Å². The number of rotatable bonds is 0. The van der Waals surface area contributed by atoms with Gasteiger partial charge >= 0.3 is 0 Å². The normalized spacial score (nSPS) is 7.12. The lowest BCUT2D eigenvalue weighted by Crippen LogP contribution is -1.58. The van der Waals surface area contributed by atoms with Crippen LogP contribution in [0.1, 0.15) is 0 Å². The molecular weight excluding hydrogens is 138 g/mol. The number of nitrogens with zero attached hydrogens (tertiary/aromatic N) is 1. The molecule has 8 heavy (non-hydrogen) atoms. The van der Waals surface area contributed by atoms with Crippen LogP contribution in [-0.4, -0.2) is 14.5 Å². The second-order valence-corrected chi connectivity index (χ2v) is 1.02. The van der Waals surface area contributed by atoms with Gasteiger partial charge in [0.25, 0.3) is 0 Å². The highest BCUT2D eigenvalue weighted by Gasteiger charge is 1.58. The molecule has 1 heterocycles. The van der Waals surface area contributed by atoms with E-state index in [0.717, 1.165) is 9.55 Å². The Hall–Kier alpha value is -0.343. The van der Waals surface area contributed by atoms with Crippen molar-refractivity contribution in [3.8, 4) is 0 Å². The maximum absolute atomic E-state index is 4.78. The summed E-state index contributed by atoms with van der Waals surface area (Å²) in [6.07, 6.45) is 3.50. The van der Waals surface area contributed by atoms with Crippen molar-refractivity contribution in [1.29, 1.82) is 0 Å². The number of pyridine rings is 1. The standard InChI is InChI=1S/C5H5N.ClH3Si/c1-2-4-6-5-3-1;1-2/h1-5H;2H3. The van der Waals surface area contributed by atoms with Gasteiger partial charge in [-0.2, -0.15) is 11.1 Å². The van der Waals surface area contributed by atoms with E-state index in [1.54, 1.807) is 12.4 Å². The summed E-state index contributed by atoms with van der Waals surface area (Å²) in [5.41, 5.74) is 0. The minimum Gasteiger partial charge on any atom is -0.265 e. The molecule has 1 aromatic rings. The smallest absolute Gasteiger partial charge is 0.109 e. The second-order valence-electron chi connectivity index (χ2n) is 1.02. The molecule has 44 valence electrons. The molecule has 0 saturated carbocycles. The van der Waals surface area contributed by atoms with Crippen molar-refractivity contribution in [2.75, 3.05) is 0 Å². The third kappa shape index (κ3) is 3.83. The maximum atomic E-state index is 4.78. The molecular formula is C5H8ClNSi. The van der Waals surface area contributed by atoms with E-state index in [2.05, 4.69) is 4.98 Å². The Morgan fingerprint density at radius 1 is 1.00 bits per heavy atom. The number of halogens is 1. The zero-order chi connectivity index (χ0) is 6.24. The summed E-state index contributed by atoms with van der Waals surface area (Å²) >= 11 is 4.78. The maximum Gasteiger partial charge on any atom is 0.109 e. The molecule has 0 radical (unpaired) electrons. The molecule has 1 nitrogen and oxygen atoms in total. The lowest BCUT2D eigenvalue weighted by atomic mass is 10.5. The van der Waals surface area contributed by atoms with Gasteiger partial charge in [-0.05, 0) is 12.1 Å². The first kappa shape index (κ1) is 7.66. The molecule has 0 aliphatic rings. The molecule has 0 bridgehead atoms. The highest BCUT2D eigenvalue weighted by atomic mass is 35.6. The van der Waals surface area contributed by atoms with E-state index in [9.17, 15) is 0 Å². The van der Waals surface area contributed by atoms with Gasteiger partial charge in [0.2, 0.25) is 0 Å². The van der Waals surface area contributed by atoms with Gasteiger partial charge in [-0.1, -0.05) is 6.07 Å². The first-order valence-electron chi connectivity index (χ1n) is 2.23. The van der Waals surface area contributed by atoms with E-state index in [-0.39, 0.29) is 0 Å². The van der Waals surface area contributed by atoms with Gasteiger partial charge in [-0.25, -0.2) is 0 Å². The van der Waals surface area contributed by atoms with E-state index in [0.29, 0.717) is 0 Å². The van der Waals surface area contributed by atoms with Crippen LogP contribution in [0, 0.1) is 0 Å². The first-order chi connectivity index (χ1) is 4.00. The van der Waals surface area contributed by atoms with Crippen molar-refractivity contribution in [2.45, 2.75) is 0 Å². The van der Waals surface area contributed by atoms with Crippen molar-refractivity contribution in [3.05, 3.63) is 30.6 Å². The van der Waals surface area contributed by atoms with Gasteiger partial charge in [-0.3, -0.25) is 4.98 Å². The van der Waals surface area contributed by atoms with Crippen molar-refractivity contribution in [2.24, 2.45) is 0 Å². The minimum atomic E-state index is 0.778. The minimum absolute atomic E-state index is 0.778. The Morgan fingerprint density at radius 3 is 1.62 bits per heavy atom. The Bertz CT molecular complexity index is 84.4. The fourth-order valence-electron chi connectivity index (χ4n) is 0.313. The largest absolute Gasteiger partial charge is 0.265 e. The van der Waals surface area contributed by atoms with Crippen LogP contribution in [0.3, 0.4) is 0 Å². The van der Waals surface area contributed by atoms with Gasteiger partial charge in [0.15, 0.2) is 0 Å². The Labute approximate surface area is 56.8 Å². The molecule has 1 rings (SSSR count). The Balaban J connectivity index is 0.000000222. The van der Waals surface area contributed by atoms with E-state index in [1.807, 2.05) is 18.2 Å². The molecule has 0 atom stereocenters. The van der Waals surface area contributed by atoms with Gasteiger partial charge in [-0.15, -0.1) is 0 Å². The molecule has 0 unspecified atom stereocenters. The summed E-state index contributed by atoms with van der Waals surface area (Å²) in [5, 5.41) is 0. The monoisotopic (exact) mass is 145 g/mol. The summed E-state index contributed by atoms with van der Waals surface area (Å²) in [7, 11) is 0.778. The van der Waals surface area contributed by atoms with Crippen LogP contribution in [0.4, 0.5) is 0 Å². The summed E-state index contributed by atoms with van der Waals surface area (Å²) < 4.78 is 0. The average Bonchev–Trinajstić information content (AvgIpc) is 1.96. The fraction of sp³-hybridized carbons (Fsp3) is 0. The molecule has 0 aliphatic heterocycles. The van der Waals surface area contributed by atoms with E-state index < -0.39 is 0 Å². The van der Waals surface area contributed by atoms with E-state index >= 15 is 0 Å². The highest BCUT2D eigenvalue weighted by molar-refractivity contribution is 6.80. The zero-order valence-electron chi connectivity index (χ0n) is 4.71. The lowest BCUT2D eigenvalue weighted by Gasteiger charge is -1.70. The summed E-state index contributed by atoms with van der Waals surface area (Å²) in [5.74, 6) is 0. The molecule has 0 saturated heterocycles. The van der Waals surface area contributed by atoms with Gasteiger partial charge in [0.05, 0.1) is 0 Å². The topological polar surface area (TPSA) is 12.9 Å². The second kappa shape index (κ2) is 6.66. The number of hydrogen-bond donors (Lipinski definition) is 0. The van der Waals surface area contributed by atoms with Crippen LogP contribution < -0.4 is 0 Å². The fourth-order valence-corrected chi connectivity index (χ4v) is 0.313. The first-order valence-corrected chi connectivity index (χ1v) is 5.25. The molecule has 0 spiro atoms. The number of hydrogen-bond acceptors (Lipinski definition) is 1. The van der Waals surface area contributed by atoms with E-state index in [4.69, 9.17) is 11.1 Å². The van der Waals surface area contributed by atoms with Crippen LogP contribution in [0.5, 0.6) is 0 Å². The number of aromatic nitrogens is 1. The third-order valence-electron chi connectivity index (χ3n) is 0.566. The summed E-state index contributed by atoms with van der Waals surface area (Å²) in [4.78, 5) is 3.78. The molecule has 3 heteroatoms. The average molecular weight is 146 g/mol. The Morgan fingerprint density at radius 2 is 1.50 bits per heavy atom. The van der Waals surface area contributed by atoms with Crippen LogP contribution in [0.15, 0.2) is 30.6 Å². The summed E-state index contributed by atoms with van der Waals surface area (Å²) in [6.45, 7) is 0. The zero-order valence-corrected chi connectivity index (χ0v) is 7.47. The van der Waals surface area contributed by atoms with Crippen LogP contribution in [0.2, 0.25) is 0 Å². The van der Waals surface area contributed by atoms with Crippen LogP contribution >= 0.6 is 11.1 Å². The van der Waals surface area contributed by atoms with Crippen molar-refractivity contribution in [1.82, 2.24) is 4.98 Å². The molecule has 0 amide bonds. The Kier molecular flexibility index (Phi) is 6.37. The van der Waals surface area contributed by atoms with Crippen LogP contribution in [-0.2, 0) is 0 Å². The SMILES string of the molecule is [SiH3]Cl.c1ccncc1. The third-order valence-corrected chi connectivity index (χ3v) is 0.566. The lowest BCUT2D eigenvalue weighted by molar-refractivity contribution is 1.33. The molecule has 1 aromatic heterocycles. The van der Waals surface area contributed by atoms with Crippen LogP contribution in [0.25, 0.3) is 0 Å². The molecule has 0 fully saturated rings. The molecule has 0 N–H and O–H groups in total. The molecule has 0 aromatic carbocycles. The molecule has 0 aliphatic carbocycles. The van der Waals surface area contributed by atoms with Crippen molar-refractivity contribution < 1.29 is 0 Å². The predicted molar refractivity (Wildman–Crippen MR) is 40.0 cm³/mol. The quantitative estimate of drug-likeness (QED) is 0.385. The van der Waals surface area contributed by atoms with Crippen molar-refractivity contribution in [3.63, 3.8) is 0 Å². The van der Waals surface area contributed by atoms with Gasteiger partial charge in [0.1, 0.15) is 9.55 Å². The predicted octanol–water partition coefficient (Wildman–Crippen LogP) is 0.587. The summed E-state index contributed by atoms with van der Waals surface area (Å²) in [6, 6.07) is 5.72. The van der Waals surface area contributed by atoms with Gasteiger partial charge < -0.3 is 0 Å².